The molecular weight excluding hydrogens is 262 g/mol. The second-order valence-electron chi connectivity index (χ2n) is 5.22. The van der Waals surface area contributed by atoms with E-state index in [1.165, 1.54) is 16.7 Å². The summed E-state index contributed by atoms with van der Waals surface area (Å²) in [6.07, 6.45) is 0. The number of benzene rings is 2. The first-order chi connectivity index (χ1) is 10.2. The van der Waals surface area contributed by atoms with Gasteiger partial charge >= 0.3 is 0 Å². The summed E-state index contributed by atoms with van der Waals surface area (Å²) in [7, 11) is 1.67. The van der Waals surface area contributed by atoms with Crippen LogP contribution in [0.1, 0.15) is 16.7 Å². The average Bonchev–Trinajstić information content (AvgIpc) is 2.46. The van der Waals surface area contributed by atoms with Crippen LogP contribution in [-0.2, 0) is 11.3 Å². The molecule has 0 heterocycles. The molecule has 3 nitrogen and oxygen atoms in total. The number of methoxy groups -OCH3 is 1. The molecule has 2 aromatic rings. The maximum atomic E-state index is 5.54. The Morgan fingerprint density at radius 3 is 2.19 bits per heavy atom. The molecule has 0 unspecified atom stereocenters. The lowest BCUT2D eigenvalue weighted by Crippen LogP contribution is -2.04. The van der Waals surface area contributed by atoms with E-state index in [2.05, 4.69) is 37.4 Å². The highest BCUT2D eigenvalue weighted by atomic mass is 16.5. The number of anilines is 1. The molecule has 0 aliphatic rings. The number of hydrogen-bond acceptors (Lipinski definition) is 3. The largest absolute Gasteiger partial charge is 0.491 e. The van der Waals surface area contributed by atoms with E-state index in [-0.39, 0.29) is 0 Å². The fourth-order valence-electron chi connectivity index (χ4n) is 2.29. The van der Waals surface area contributed by atoms with Crippen molar-refractivity contribution in [1.29, 1.82) is 0 Å². The van der Waals surface area contributed by atoms with Gasteiger partial charge in [0.15, 0.2) is 0 Å². The van der Waals surface area contributed by atoms with Gasteiger partial charge in [0.1, 0.15) is 12.4 Å². The summed E-state index contributed by atoms with van der Waals surface area (Å²) >= 11 is 0. The first-order valence-corrected chi connectivity index (χ1v) is 7.20. The highest BCUT2D eigenvalue weighted by molar-refractivity contribution is 5.47. The van der Waals surface area contributed by atoms with E-state index in [1.807, 2.05) is 24.3 Å². The molecule has 0 aliphatic carbocycles. The average molecular weight is 285 g/mol. The third kappa shape index (κ3) is 5.12. The summed E-state index contributed by atoms with van der Waals surface area (Å²) in [6, 6.07) is 14.6. The maximum absolute atomic E-state index is 5.54. The fraction of sp³-hybridized carbons (Fsp3) is 0.333. The highest BCUT2D eigenvalue weighted by Gasteiger charge is 1.98. The summed E-state index contributed by atoms with van der Waals surface area (Å²) in [5.74, 6) is 0.865. The molecule has 0 fully saturated rings. The Labute approximate surface area is 126 Å². The number of nitrogens with one attached hydrogen (secondary N) is 1. The molecule has 0 saturated carbocycles. The van der Waals surface area contributed by atoms with Gasteiger partial charge in [0.2, 0.25) is 0 Å². The van der Waals surface area contributed by atoms with Gasteiger partial charge in [-0.2, -0.15) is 0 Å². The predicted molar refractivity (Wildman–Crippen MR) is 87.1 cm³/mol. The third-order valence-corrected chi connectivity index (χ3v) is 3.19. The normalized spacial score (nSPS) is 10.4. The van der Waals surface area contributed by atoms with E-state index in [0.29, 0.717) is 13.2 Å². The van der Waals surface area contributed by atoms with Crippen LogP contribution in [-0.4, -0.2) is 20.3 Å². The van der Waals surface area contributed by atoms with Crippen molar-refractivity contribution in [2.24, 2.45) is 0 Å². The number of rotatable bonds is 7. The van der Waals surface area contributed by atoms with Crippen molar-refractivity contribution in [1.82, 2.24) is 0 Å². The lowest BCUT2D eigenvalue weighted by molar-refractivity contribution is 0.146. The van der Waals surface area contributed by atoms with Crippen LogP contribution in [0.25, 0.3) is 0 Å². The first kappa shape index (κ1) is 15.4. The topological polar surface area (TPSA) is 30.5 Å². The minimum atomic E-state index is 0.575. The summed E-state index contributed by atoms with van der Waals surface area (Å²) in [6.45, 7) is 6.26. The molecule has 2 rings (SSSR count). The van der Waals surface area contributed by atoms with E-state index in [0.717, 1.165) is 18.0 Å². The molecule has 0 atom stereocenters. The van der Waals surface area contributed by atoms with Gasteiger partial charge in [0.25, 0.3) is 0 Å². The molecular formula is C18H23NO2. The Bertz CT molecular complexity index is 544. The Balaban J connectivity index is 1.88. The van der Waals surface area contributed by atoms with Gasteiger partial charge in [-0.15, -0.1) is 0 Å². The van der Waals surface area contributed by atoms with Crippen LogP contribution in [0.4, 0.5) is 5.69 Å². The molecule has 0 bridgehead atoms. The Kier molecular flexibility index (Phi) is 5.64. The number of aryl methyl sites for hydroxylation is 2. The Hall–Kier alpha value is -2.00. The van der Waals surface area contributed by atoms with Crippen LogP contribution in [0, 0.1) is 13.8 Å². The molecule has 0 aromatic heterocycles. The zero-order valence-electron chi connectivity index (χ0n) is 13.0. The van der Waals surface area contributed by atoms with Crippen molar-refractivity contribution in [3.8, 4) is 5.75 Å². The van der Waals surface area contributed by atoms with Gasteiger partial charge in [-0.1, -0.05) is 29.3 Å². The molecule has 112 valence electrons. The van der Waals surface area contributed by atoms with Crippen molar-refractivity contribution in [2.75, 3.05) is 25.6 Å². The third-order valence-electron chi connectivity index (χ3n) is 3.19. The summed E-state index contributed by atoms with van der Waals surface area (Å²) < 4.78 is 10.5. The molecule has 2 aromatic carbocycles. The molecule has 3 heteroatoms. The van der Waals surface area contributed by atoms with E-state index in [1.54, 1.807) is 7.11 Å². The highest BCUT2D eigenvalue weighted by Crippen LogP contribution is 2.17. The van der Waals surface area contributed by atoms with Crippen LogP contribution in [0.5, 0.6) is 5.75 Å². The molecule has 0 amide bonds. The fourth-order valence-corrected chi connectivity index (χ4v) is 2.29. The SMILES string of the molecule is COCCOc1ccc(NCc2cc(C)cc(C)c2)cc1. The van der Waals surface area contributed by atoms with Crippen LogP contribution in [0.2, 0.25) is 0 Å². The summed E-state index contributed by atoms with van der Waals surface area (Å²) in [4.78, 5) is 0. The van der Waals surface area contributed by atoms with Gasteiger partial charge in [-0.3, -0.25) is 0 Å². The standard InChI is InChI=1S/C18H23NO2/c1-14-10-15(2)12-16(11-14)13-19-17-4-6-18(7-5-17)21-9-8-20-3/h4-7,10-12,19H,8-9,13H2,1-3H3. The summed E-state index contributed by atoms with van der Waals surface area (Å²) in [5, 5.41) is 3.43. The van der Waals surface area contributed by atoms with Crippen LogP contribution in [0.15, 0.2) is 42.5 Å². The van der Waals surface area contributed by atoms with Gasteiger partial charge in [-0.25, -0.2) is 0 Å². The zero-order chi connectivity index (χ0) is 15.1. The van der Waals surface area contributed by atoms with Gasteiger partial charge in [0, 0.05) is 19.3 Å². The van der Waals surface area contributed by atoms with Crippen molar-refractivity contribution in [3.05, 3.63) is 59.2 Å². The second kappa shape index (κ2) is 7.70. The van der Waals surface area contributed by atoms with Crippen LogP contribution in [0.3, 0.4) is 0 Å². The molecule has 21 heavy (non-hydrogen) atoms. The molecule has 0 spiro atoms. The van der Waals surface area contributed by atoms with Gasteiger partial charge < -0.3 is 14.8 Å². The van der Waals surface area contributed by atoms with Crippen molar-refractivity contribution < 1.29 is 9.47 Å². The molecule has 0 radical (unpaired) electrons. The van der Waals surface area contributed by atoms with E-state index in [4.69, 9.17) is 9.47 Å². The number of ether oxygens (including phenoxy) is 2. The molecule has 0 saturated heterocycles. The lowest BCUT2D eigenvalue weighted by atomic mass is 10.1. The maximum Gasteiger partial charge on any atom is 0.119 e. The van der Waals surface area contributed by atoms with Crippen molar-refractivity contribution >= 4 is 5.69 Å². The van der Waals surface area contributed by atoms with E-state index >= 15 is 0 Å². The van der Waals surface area contributed by atoms with E-state index in [9.17, 15) is 0 Å². The molecule has 0 aliphatic heterocycles. The van der Waals surface area contributed by atoms with E-state index < -0.39 is 0 Å². The number of hydrogen-bond donors (Lipinski definition) is 1. The van der Waals surface area contributed by atoms with Gasteiger partial charge in [-0.05, 0) is 43.7 Å². The van der Waals surface area contributed by atoms with Crippen molar-refractivity contribution in [3.63, 3.8) is 0 Å². The van der Waals surface area contributed by atoms with Crippen molar-refractivity contribution in [2.45, 2.75) is 20.4 Å². The minimum absolute atomic E-state index is 0.575. The summed E-state index contributed by atoms with van der Waals surface area (Å²) in [5.41, 5.74) is 4.99. The lowest BCUT2D eigenvalue weighted by Gasteiger charge is -2.10. The second-order valence-corrected chi connectivity index (χ2v) is 5.22. The predicted octanol–water partition coefficient (Wildman–Crippen LogP) is 3.94. The van der Waals surface area contributed by atoms with Crippen LogP contribution < -0.4 is 10.1 Å². The smallest absolute Gasteiger partial charge is 0.119 e. The molecule has 1 N–H and O–H groups in total. The monoisotopic (exact) mass is 285 g/mol. The zero-order valence-corrected chi connectivity index (χ0v) is 13.0. The minimum Gasteiger partial charge on any atom is -0.491 e. The van der Waals surface area contributed by atoms with Gasteiger partial charge in [0.05, 0.1) is 6.61 Å². The quantitative estimate of drug-likeness (QED) is 0.782. The Morgan fingerprint density at radius 2 is 1.57 bits per heavy atom. The first-order valence-electron chi connectivity index (χ1n) is 7.20. The Morgan fingerprint density at radius 1 is 0.905 bits per heavy atom. The van der Waals surface area contributed by atoms with Crippen LogP contribution >= 0.6 is 0 Å².